The van der Waals surface area contributed by atoms with Crippen LogP contribution < -0.4 is 0 Å². The Hall–Kier alpha value is -0.790. The van der Waals surface area contributed by atoms with Crippen molar-refractivity contribution in [1.82, 2.24) is 9.97 Å². The van der Waals surface area contributed by atoms with Crippen LogP contribution in [0.5, 0.6) is 0 Å². The van der Waals surface area contributed by atoms with E-state index in [1.165, 1.54) is 95.0 Å². The SMILES string of the molecule is CCCCCCCCCCCCCCCc1nc(C)c(C)[nH]1. The summed E-state index contributed by atoms with van der Waals surface area (Å²) < 4.78 is 0. The minimum Gasteiger partial charge on any atom is -0.346 e. The fourth-order valence-electron chi connectivity index (χ4n) is 3.05. The van der Waals surface area contributed by atoms with Crippen molar-refractivity contribution < 1.29 is 0 Å². The van der Waals surface area contributed by atoms with Gasteiger partial charge in [0.1, 0.15) is 5.82 Å². The number of imidazole rings is 1. The smallest absolute Gasteiger partial charge is 0.106 e. The van der Waals surface area contributed by atoms with Gasteiger partial charge in [0.2, 0.25) is 0 Å². The molecule has 0 aliphatic heterocycles. The second-order valence-electron chi connectivity index (χ2n) is 6.89. The maximum atomic E-state index is 4.55. The Kier molecular flexibility index (Phi) is 11.1. The fraction of sp³-hybridized carbons (Fsp3) is 0.850. The number of aryl methyl sites for hydroxylation is 3. The van der Waals surface area contributed by atoms with E-state index in [-0.39, 0.29) is 0 Å². The molecular formula is C20H38N2. The highest BCUT2D eigenvalue weighted by Crippen LogP contribution is 2.13. The number of unbranched alkanes of at least 4 members (excludes halogenated alkanes) is 12. The number of nitrogens with zero attached hydrogens (tertiary/aromatic N) is 1. The van der Waals surface area contributed by atoms with Crippen LogP contribution in [0.15, 0.2) is 0 Å². The van der Waals surface area contributed by atoms with Crippen LogP contribution in [-0.2, 0) is 6.42 Å². The maximum absolute atomic E-state index is 4.55. The van der Waals surface area contributed by atoms with Crippen molar-refractivity contribution in [2.75, 3.05) is 0 Å². The van der Waals surface area contributed by atoms with Gasteiger partial charge in [0.05, 0.1) is 5.69 Å². The number of H-pyrrole nitrogens is 1. The summed E-state index contributed by atoms with van der Waals surface area (Å²) in [6.07, 6.45) is 19.5. The van der Waals surface area contributed by atoms with E-state index in [0.717, 1.165) is 12.1 Å². The second kappa shape index (κ2) is 12.7. The molecule has 2 nitrogen and oxygen atoms in total. The Morgan fingerprint density at radius 1 is 0.682 bits per heavy atom. The van der Waals surface area contributed by atoms with Gasteiger partial charge in [-0.05, 0) is 20.3 Å². The van der Waals surface area contributed by atoms with Crippen LogP contribution in [0.4, 0.5) is 0 Å². The Morgan fingerprint density at radius 3 is 1.55 bits per heavy atom. The molecule has 1 aromatic rings. The van der Waals surface area contributed by atoms with Crippen LogP contribution in [0.2, 0.25) is 0 Å². The largest absolute Gasteiger partial charge is 0.346 e. The Labute approximate surface area is 138 Å². The van der Waals surface area contributed by atoms with E-state index in [2.05, 4.69) is 30.7 Å². The first kappa shape index (κ1) is 19.3. The zero-order valence-electron chi connectivity index (χ0n) is 15.3. The normalized spacial score (nSPS) is 11.2. The topological polar surface area (TPSA) is 28.7 Å². The van der Waals surface area contributed by atoms with Crippen molar-refractivity contribution in [2.24, 2.45) is 0 Å². The first-order valence-electron chi connectivity index (χ1n) is 9.76. The van der Waals surface area contributed by atoms with Crippen LogP contribution in [0.1, 0.15) is 108 Å². The van der Waals surface area contributed by atoms with Gasteiger partial charge >= 0.3 is 0 Å². The van der Waals surface area contributed by atoms with Gasteiger partial charge in [0.25, 0.3) is 0 Å². The first-order valence-corrected chi connectivity index (χ1v) is 9.76. The van der Waals surface area contributed by atoms with Gasteiger partial charge in [0.15, 0.2) is 0 Å². The van der Waals surface area contributed by atoms with E-state index >= 15 is 0 Å². The molecule has 1 N–H and O–H groups in total. The van der Waals surface area contributed by atoms with Crippen LogP contribution >= 0.6 is 0 Å². The van der Waals surface area contributed by atoms with E-state index in [9.17, 15) is 0 Å². The number of rotatable bonds is 14. The molecule has 1 aromatic heterocycles. The summed E-state index contributed by atoms with van der Waals surface area (Å²) in [5.74, 6) is 1.18. The monoisotopic (exact) mass is 306 g/mol. The number of hydrogen-bond acceptors (Lipinski definition) is 1. The zero-order chi connectivity index (χ0) is 16.0. The van der Waals surface area contributed by atoms with Crippen molar-refractivity contribution >= 4 is 0 Å². The van der Waals surface area contributed by atoms with Gasteiger partial charge in [0, 0.05) is 12.1 Å². The van der Waals surface area contributed by atoms with Gasteiger partial charge in [-0.15, -0.1) is 0 Å². The molecule has 2 heteroatoms. The van der Waals surface area contributed by atoms with E-state index in [1.54, 1.807) is 0 Å². The molecule has 0 aliphatic carbocycles. The minimum absolute atomic E-state index is 1.12. The van der Waals surface area contributed by atoms with Crippen LogP contribution in [0.3, 0.4) is 0 Å². The van der Waals surface area contributed by atoms with Crippen LogP contribution in [-0.4, -0.2) is 9.97 Å². The van der Waals surface area contributed by atoms with E-state index in [1.807, 2.05) is 0 Å². The minimum atomic E-state index is 1.12. The van der Waals surface area contributed by atoms with Gasteiger partial charge < -0.3 is 4.98 Å². The molecule has 1 heterocycles. The highest BCUT2D eigenvalue weighted by Gasteiger charge is 2.01. The Bertz CT molecular complexity index is 348. The number of hydrogen-bond donors (Lipinski definition) is 1. The highest BCUT2D eigenvalue weighted by molar-refractivity contribution is 5.10. The molecule has 128 valence electrons. The quantitative estimate of drug-likeness (QED) is 0.382. The second-order valence-corrected chi connectivity index (χ2v) is 6.89. The molecule has 0 unspecified atom stereocenters. The predicted molar refractivity (Wildman–Crippen MR) is 97.5 cm³/mol. The highest BCUT2D eigenvalue weighted by atomic mass is 14.9. The van der Waals surface area contributed by atoms with Crippen molar-refractivity contribution in [3.63, 3.8) is 0 Å². The lowest BCUT2D eigenvalue weighted by atomic mass is 10.0. The third kappa shape index (κ3) is 9.27. The van der Waals surface area contributed by atoms with E-state index in [4.69, 9.17) is 0 Å². The maximum Gasteiger partial charge on any atom is 0.106 e. The van der Waals surface area contributed by atoms with Crippen LogP contribution in [0, 0.1) is 13.8 Å². The first-order chi connectivity index (χ1) is 10.7. The fourth-order valence-corrected chi connectivity index (χ4v) is 3.05. The number of nitrogens with one attached hydrogen (secondary N) is 1. The molecule has 0 bridgehead atoms. The molecule has 22 heavy (non-hydrogen) atoms. The third-order valence-corrected chi connectivity index (χ3v) is 4.69. The van der Waals surface area contributed by atoms with Gasteiger partial charge in [-0.25, -0.2) is 4.98 Å². The van der Waals surface area contributed by atoms with Gasteiger partial charge in [-0.1, -0.05) is 84.0 Å². The zero-order valence-corrected chi connectivity index (χ0v) is 15.3. The molecule has 0 saturated heterocycles. The van der Waals surface area contributed by atoms with Crippen molar-refractivity contribution in [1.29, 1.82) is 0 Å². The van der Waals surface area contributed by atoms with E-state index < -0.39 is 0 Å². The molecule has 0 saturated carbocycles. The summed E-state index contributed by atoms with van der Waals surface area (Å²) in [7, 11) is 0. The van der Waals surface area contributed by atoms with Crippen molar-refractivity contribution in [3.05, 3.63) is 17.2 Å². The molecule has 0 amide bonds. The third-order valence-electron chi connectivity index (χ3n) is 4.69. The Balaban J connectivity index is 1.80. The molecule has 0 aliphatic rings. The standard InChI is InChI=1S/C20H38N2/c1-4-5-6-7-8-9-10-11-12-13-14-15-16-17-20-21-18(2)19(3)22-20/h4-17H2,1-3H3,(H,21,22). The summed E-state index contributed by atoms with van der Waals surface area (Å²) >= 11 is 0. The lowest BCUT2D eigenvalue weighted by Crippen LogP contribution is -1.89. The average Bonchev–Trinajstić information content (AvgIpc) is 2.82. The summed E-state index contributed by atoms with van der Waals surface area (Å²) in [6, 6.07) is 0. The summed E-state index contributed by atoms with van der Waals surface area (Å²) in [6.45, 7) is 6.48. The van der Waals surface area contributed by atoms with Gasteiger partial charge in [-0.2, -0.15) is 0 Å². The average molecular weight is 307 g/mol. The summed E-state index contributed by atoms with van der Waals surface area (Å²) in [4.78, 5) is 7.93. The predicted octanol–water partition coefficient (Wildman–Crippen LogP) is 6.66. The Morgan fingerprint density at radius 2 is 1.14 bits per heavy atom. The van der Waals surface area contributed by atoms with Crippen molar-refractivity contribution in [2.45, 2.75) is 111 Å². The molecule has 0 radical (unpaired) electrons. The van der Waals surface area contributed by atoms with Crippen molar-refractivity contribution in [3.8, 4) is 0 Å². The molecule has 1 rings (SSSR count). The van der Waals surface area contributed by atoms with Crippen LogP contribution in [0.25, 0.3) is 0 Å². The number of aromatic amines is 1. The lowest BCUT2D eigenvalue weighted by molar-refractivity contribution is 0.538. The molecular weight excluding hydrogens is 268 g/mol. The molecule has 0 atom stereocenters. The van der Waals surface area contributed by atoms with E-state index in [0.29, 0.717) is 0 Å². The number of aromatic nitrogens is 2. The molecule has 0 aromatic carbocycles. The molecule has 0 spiro atoms. The molecule has 0 fully saturated rings. The lowest BCUT2D eigenvalue weighted by Gasteiger charge is -2.02. The summed E-state index contributed by atoms with van der Waals surface area (Å²) in [5.41, 5.74) is 2.38. The van der Waals surface area contributed by atoms with Gasteiger partial charge in [-0.3, -0.25) is 0 Å². The summed E-state index contributed by atoms with van der Waals surface area (Å²) in [5, 5.41) is 0.